The molecule has 0 radical (unpaired) electrons. The van der Waals surface area contributed by atoms with Gasteiger partial charge >= 0.3 is 0 Å². The Morgan fingerprint density at radius 3 is 2.88 bits per heavy atom. The fraction of sp³-hybridized carbons (Fsp3) is 1.00. The molecule has 6 nitrogen and oxygen atoms in total. The number of aliphatic hydroxyl groups is 1. The van der Waals surface area contributed by atoms with Crippen molar-refractivity contribution in [3.63, 3.8) is 0 Å². The minimum Gasteiger partial charge on any atom is -0.387 e. The summed E-state index contributed by atoms with van der Waals surface area (Å²) in [6, 6.07) is 0. The smallest absolute Gasteiger partial charge is 0.213 e. The monoisotopic (exact) mass is 252 g/mol. The third-order valence-electron chi connectivity index (χ3n) is 2.54. The maximum Gasteiger partial charge on any atom is 0.213 e. The molecular weight excluding hydrogens is 232 g/mol. The first kappa shape index (κ1) is 13.9. The molecule has 3 N–H and O–H groups in total. The van der Waals surface area contributed by atoms with Crippen molar-refractivity contribution in [3.8, 4) is 0 Å². The molecule has 0 bridgehead atoms. The lowest BCUT2D eigenvalue weighted by molar-refractivity contribution is 0.0666. The zero-order valence-corrected chi connectivity index (χ0v) is 10.3. The van der Waals surface area contributed by atoms with Crippen LogP contribution < -0.4 is 10.0 Å². The van der Waals surface area contributed by atoms with Crippen LogP contribution in [0.25, 0.3) is 0 Å². The Morgan fingerprint density at radius 2 is 2.31 bits per heavy atom. The van der Waals surface area contributed by atoms with E-state index in [0.29, 0.717) is 19.6 Å². The van der Waals surface area contributed by atoms with Crippen LogP contribution in [-0.2, 0) is 14.8 Å². The predicted octanol–water partition coefficient (Wildman–Crippen LogP) is -1.33. The number of rotatable bonds is 7. The lowest BCUT2D eigenvalue weighted by Gasteiger charge is -2.21. The van der Waals surface area contributed by atoms with E-state index in [-0.39, 0.29) is 18.9 Å². The van der Waals surface area contributed by atoms with Crippen molar-refractivity contribution in [2.24, 2.45) is 0 Å². The van der Waals surface area contributed by atoms with Gasteiger partial charge in [0.25, 0.3) is 0 Å². The second-order valence-electron chi connectivity index (χ2n) is 3.99. The van der Waals surface area contributed by atoms with E-state index in [4.69, 9.17) is 4.74 Å². The van der Waals surface area contributed by atoms with Crippen molar-refractivity contribution in [2.45, 2.75) is 18.9 Å². The van der Waals surface area contributed by atoms with Gasteiger partial charge in [0.15, 0.2) is 0 Å². The van der Waals surface area contributed by atoms with Gasteiger partial charge in [0.1, 0.15) is 0 Å². The molecule has 0 aromatic carbocycles. The fourth-order valence-electron chi connectivity index (χ4n) is 1.51. The zero-order chi connectivity index (χ0) is 12.1. The molecule has 0 aromatic heterocycles. The van der Waals surface area contributed by atoms with Gasteiger partial charge in [0.2, 0.25) is 10.0 Å². The molecule has 16 heavy (non-hydrogen) atoms. The van der Waals surface area contributed by atoms with Crippen molar-refractivity contribution in [1.29, 1.82) is 0 Å². The highest BCUT2D eigenvalue weighted by atomic mass is 32.2. The van der Waals surface area contributed by atoms with Crippen LogP contribution in [0.5, 0.6) is 0 Å². The average molecular weight is 252 g/mol. The SMILES string of the molecule is CCOCCS(=O)(=O)NCC1(O)CCNC1. The summed E-state index contributed by atoms with van der Waals surface area (Å²) < 4.78 is 30.3. The van der Waals surface area contributed by atoms with E-state index in [1.165, 1.54) is 0 Å². The average Bonchev–Trinajstić information content (AvgIpc) is 2.64. The summed E-state index contributed by atoms with van der Waals surface area (Å²) in [5.74, 6) is -0.0651. The highest BCUT2D eigenvalue weighted by Gasteiger charge is 2.32. The Bertz CT molecular complexity index is 299. The van der Waals surface area contributed by atoms with Gasteiger partial charge in [-0.1, -0.05) is 0 Å². The summed E-state index contributed by atoms with van der Waals surface area (Å²) in [5, 5.41) is 12.9. The molecule has 1 aliphatic rings. The molecule has 1 atom stereocenters. The normalized spacial score (nSPS) is 26.1. The van der Waals surface area contributed by atoms with Crippen molar-refractivity contribution in [3.05, 3.63) is 0 Å². The Morgan fingerprint density at radius 1 is 1.56 bits per heavy atom. The summed E-state index contributed by atoms with van der Waals surface area (Å²) >= 11 is 0. The highest BCUT2D eigenvalue weighted by Crippen LogP contribution is 2.12. The number of hydrogen-bond donors (Lipinski definition) is 3. The van der Waals surface area contributed by atoms with Crippen LogP contribution in [-0.4, -0.2) is 57.7 Å². The molecule has 0 saturated carbocycles. The van der Waals surface area contributed by atoms with Crippen molar-refractivity contribution in [1.82, 2.24) is 10.0 Å². The largest absolute Gasteiger partial charge is 0.387 e. The lowest BCUT2D eigenvalue weighted by Crippen LogP contribution is -2.45. The quantitative estimate of drug-likeness (QED) is 0.489. The molecule has 0 amide bonds. The van der Waals surface area contributed by atoms with Crippen LogP contribution >= 0.6 is 0 Å². The first-order chi connectivity index (χ1) is 7.47. The highest BCUT2D eigenvalue weighted by molar-refractivity contribution is 7.89. The van der Waals surface area contributed by atoms with Gasteiger partial charge in [0, 0.05) is 19.7 Å². The maximum absolute atomic E-state index is 11.5. The molecule has 1 rings (SSSR count). The lowest BCUT2D eigenvalue weighted by atomic mass is 10.1. The molecule has 1 aliphatic heterocycles. The second kappa shape index (κ2) is 5.92. The van der Waals surface area contributed by atoms with Crippen LogP contribution in [0.15, 0.2) is 0 Å². The van der Waals surface area contributed by atoms with E-state index in [9.17, 15) is 13.5 Å². The van der Waals surface area contributed by atoms with Crippen molar-refractivity contribution in [2.75, 3.05) is 38.6 Å². The summed E-state index contributed by atoms with van der Waals surface area (Å²) in [5.41, 5.74) is -0.946. The van der Waals surface area contributed by atoms with E-state index >= 15 is 0 Å². The summed E-state index contributed by atoms with van der Waals surface area (Å²) in [6.07, 6.45) is 0.570. The van der Waals surface area contributed by atoms with Gasteiger partial charge in [-0.25, -0.2) is 13.1 Å². The number of nitrogens with one attached hydrogen (secondary N) is 2. The standard InChI is InChI=1S/C9H20N2O4S/c1-2-15-5-6-16(13,14)11-8-9(12)3-4-10-7-9/h10-12H,2-8H2,1H3. The minimum atomic E-state index is -3.34. The van der Waals surface area contributed by atoms with Crippen LogP contribution in [0.3, 0.4) is 0 Å². The van der Waals surface area contributed by atoms with Crippen LogP contribution in [0.4, 0.5) is 0 Å². The molecule has 96 valence electrons. The molecule has 7 heteroatoms. The van der Waals surface area contributed by atoms with Crippen molar-refractivity contribution < 1.29 is 18.3 Å². The Balaban J connectivity index is 2.30. The fourth-order valence-corrected chi connectivity index (χ4v) is 2.48. The van der Waals surface area contributed by atoms with Gasteiger partial charge in [-0.15, -0.1) is 0 Å². The zero-order valence-electron chi connectivity index (χ0n) is 9.53. The van der Waals surface area contributed by atoms with Crippen molar-refractivity contribution >= 4 is 10.0 Å². The third-order valence-corrected chi connectivity index (χ3v) is 3.83. The molecule has 0 aromatic rings. The predicted molar refractivity (Wildman–Crippen MR) is 60.7 cm³/mol. The summed E-state index contributed by atoms with van der Waals surface area (Å²) in [7, 11) is -3.34. The summed E-state index contributed by atoms with van der Waals surface area (Å²) in [6.45, 7) is 3.71. The first-order valence-corrected chi connectivity index (χ1v) is 7.11. The van der Waals surface area contributed by atoms with E-state index in [1.54, 1.807) is 0 Å². The van der Waals surface area contributed by atoms with Crippen LogP contribution in [0.1, 0.15) is 13.3 Å². The van der Waals surface area contributed by atoms with Gasteiger partial charge in [-0.2, -0.15) is 0 Å². The topological polar surface area (TPSA) is 87.7 Å². The Kier molecular flexibility index (Phi) is 5.13. The van der Waals surface area contributed by atoms with E-state index in [2.05, 4.69) is 10.0 Å². The molecule has 1 fully saturated rings. The Labute approximate surface area is 96.4 Å². The third kappa shape index (κ3) is 4.75. The maximum atomic E-state index is 11.5. The molecular formula is C9H20N2O4S. The molecule has 1 unspecified atom stereocenters. The number of sulfonamides is 1. The number of hydrogen-bond acceptors (Lipinski definition) is 5. The molecule has 1 saturated heterocycles. The number of ether oxygens (including phenoxy) is 1. The van der Waals surface area contributed by atoms with E-state index < -0.39 is 15.6 Å². The first-order valence-electron chi connectivity index (χ1n) is 5.46. The minimum absolute atomic E-state index is 0.0639. The molecule has 0 spiro atoms. The molecule has 0 aliphatic carbocycles. The second-order valence-corrected chi connectivity index (χ2v) is 5.91. The van der Waals surface area contributed by atoms with Gasteiger partial charge in [-0.05, 0) is 19.9 Å². The van der Waals surface area contributed by atoms with E-state index in [0.717, 1.165) is 6.54 Å². The van der Waals surface area contributed by atoms with Gasteiger partial charge in [0.05, 0.1) is 18.0 Å². The van der Waals surface area contributed by atoms with Crippen LogP contribution in [0, 0.1) is 0 Å². The van der Waals surface area contributed by atoms with Gasteiger partial charge in [-0.3, -0.25) is 0 Å². The number of β-amino-alcohol motifs (C(OH)–C–C–N with tert-alkyl or cyclic N) is 1. The Hall–Kier alpha value is -0.210. The summed E-state index contributed by atoms with van der Waals surface area (Å²) in [4.78, 5) is 0. The molecule has 1 heterocycles. The van der Waals surface area contributed by atoms with E-state index in [1.807, 2.05) is 6.92 Å². The van der Waals surface area contributed by atoms with Gasteiger partial charge < -0.3 is 15.2 Å². The van der Waals surface area contributed by atoms with Crippen LogP contribution in [0.2, 0.25) is 0 Å².